The molecule has 1 aromatic rings. The van der Waals surface area contributed by atoms with Crippen LogP contribution in [0.5, 0.6) is 5.75 Å². The number of ether oxygens (including phenoxy) is 1. The Kier molecular flexibility index (Phi) is 6.02. The quantitative estimate of drug-likeness (QED) is 0.458. The number of ketones is 1. The summed E-state index contributed by atoms with van der Waals surface area (Å²) in [6.07, 6.45) is 8.40. The molecule has 0 saturated heterocycles. The molecule has 5 rings (SSSR count). The standard InChI is InChI=1S/C29H38O5/c1-28-13-12-19(30)14-18(28)15-24(32)26-22-10-9-21(29(22,2)16-25(33)27(26)28)23(31)11-6-17-4-7-20(34-3)8-5-17/h4-8,11,15,19,21-22,24-27,30,32-33H,9-10,12-14,16H2,1-3H3/b11-6+/t19-,21+,22-,24+,25+,26+,27-,28-,29+/m0/s1. The number of carbonyl (C=O) groups is 1. The van der Waals surface area contributed by atoms with E-state index in [1.807, 2.05) is 36.4 Å². The lowest BCUT2D eigenvalue weighted by Gasteiger charge is -2.60. The van der Waals surface area contributed by atoms with Crippen molar-refractivity contribution >= 4 is 11.9 Å². The van der Waals surface area contributed by atoms with Gasteiger partial charge in [0.1, 0.15) is 5.75 Å². The van der Waals surface area contributed by atoms with Crippen LogP contribution in [0.1, 0.15) is 57.9 Å². The van der Waals surface area contributed by atoms with Gasteiger partial charge in [-0.2, -0.15) is 0 Å². The van der Waals surface area contributed by atoms with Gasteiger partial charge in [0.25, 0.3) is 0 Å². The Morgan fingerprint density at radius 1 is 1.09 bits per heavy atom. The highest BCUT2D eigenvalue weighted by Gasteiger charge is 2.64. The van der Waals surface area contributed by atoms with Gasteiger partial charge in [-0.15, -0.1) is 0 Å². The Morgan fingerprint density at radius 3 is 2.53 bits per heavy atom. The Labute approximate surface area is 202 Å². The van der Waals surface area contributed by atoms with E-state index < -0.39 is 12.2 Å². The van der Waals surface area contributed by atoms with Gasteiger partial charge in [0.05, 0.1) is 25.4 Å². The lowest BCUT2D eigenvalue weighted by Crippen LogP contribution is -2.60. The van der Waals surface area contributed by atoms with Crippen molar-refractivity contribution in [1.82, 2.24) is 0 Å². The van der Waals surface area contributed by atoms with Gasteiger partial charge in [-0.25, -0.2) is 0 Å². The molecule has 3 fully saturated rings. The lowest BCUT2D eigenvalue weighted by molar-refractivity contribution is -0.156. The van der Waals surface area contributed by atoms with Gasteiger partial charge in [0.2, 0.25) is 0 Å². The van der Waals surface area contributed by atoms with E-state index in [2.05, 4.69) is 13.8 Å². The van der Waals surface area contributed by atoms with Gasteiger partial charge in [-0.1, -0.05) is 43.7 Å². The predicted molar refractivity (Wildman–Crippen MR) is 131 cm³/mol. The number of rotatable bonds is 4. The second-order valence-electron chi connectivity index (χ2n) is 11.6. The average Bonchev–Trinajstić information content (AvgIpc) is 3.15. The van der Waals surface area contributed by atoms with Crippen molar-refractivity contribution in [2.45, 2.75) is 70.7 Å². The molecule has 0 heterocycles. The van der Waals surface area contributed by atoms with Crippen molar-refractivity contribution in [3.05, 3.63) is 47.6 Å². The Balaban J connectivity index is 1.40. The molecule has 0 spiro atoms. The number of carbonyl (C=O) groups excluding carboxylic acids is 1. The average molecular weight is 467 g/mol. The Hall–Kier alpha value is -1.95. The summed E-state index contributed by atoms with van der Waals surface area (Å²) in [6.45, 7) is 4.38. The van der Waals surface area contributed by atoms with E-state index in [9.17, 15) is 20.1 Å². The number of methoxy groups -OCH3 is 1. The number of hydrogen-bond acceptors (Lipinski definition) is 5. The first-order valence-electron chi connectivity index (χ1n) is 12.8. The molecule has 4 aliphatic rings. The molecule has 5 nitrogen and oxygen atoms in total. The first-order valence-corrected chi connectivity index (χ1v) is 12.8. The van der Waals surface area contributed by atoms with Gasteiger partial charge >= 0.3 is 0 Å². The molecule has 5 heteroatoms. The zero-order valence-electron chi connectivity index (χ0n) is 20.5. The molecule has 0 aliphatic heterocycles. The molecule has 9 atom stereocenters. The normalized spacial score (nSPS) is 43.6. The molecular formula is C29H38O5. The summed E-state index contributed by atoms with van der Waals surface area (Å²) in [7, 11) is 1.63. The van der Waals surface area contributed by atoms with E-state index in [4.69, 9.17) is 4.74 Å². The molecule has 3 N–H and O–H groups in total. The third-order valence-corrected chi connectivity index (χ3v) is 9.94. The fourth-order valence-electron chi connectivity index (χ4n) is 8.22. The van der Waals surface area contributed by atoms with Crippen LogP contribution in [0.4, 0.5) is 0 Å². The maximum Gasteiger partial charge on any atom is 0.159 e. The van der Waals surface area contributed by atoms with Crippen LogP contribution in [0.25, 0.3) is 6.08 Å². The topological polar surface area (TPSA) is 87.0 Å². The van der Waals surface area contributed by atoms with Crippen LogP contribution in [0.3, 0.4) is 0 Å². The summed E-state index contributed by atoms with van der Waals surface area (Å²) in [4.78, 5) is 13.4. The highest BCUT2D eigenvalue weighted by molar-refractivity contribution is 5.96. The van der Waals surface area contributed by atoms with Gasteiger partial charge in [-0.3, -0.25) is 4.79 Å². The summed E-state index contributed by atoms with van der Waals surface area (Å²) >= 11 is 0. The molecular weight excluding hydrogens is 428 g/mol. The van der Waals surface area contributed by atoms with Gasteiger partial charge in [0, 0.05) is 5.92 Å². The smallest absolute Gasteiger partial charge is 0.159 e. The number of fused-ring (bicyclic) bond motifs is 5. The van der Waals surface area contributed by atoms with Crippen molar-refractivity contribution in [3.8, 4) is 5.75 Å². The van der Waals surface area contributed by atoms with E-state index in [0.717, 1.165) is 42.6 Å². The molecule has 0 bridgehead atoms. The van der Waals surface area contributed by atoms with Crippen LogP contribution >= 0.6 is 0 Å². The molecule has 0 amide bonds. The summed E-state index contributed by atoms with van der Waals surface area (Å²) in [5, 5.41) is 33.0. The molecule has 0 unspecified atom stereocenters. The van der Waals surface area contributed by atoms with Crippen LogP contribution in [-0.4, -0.2) is 46.5 Å². The third kappa shape index (κ3) is 3.68. The van der Waals surface area contributed by atoms with Crippen LogP contribution in [0.15, 0.2) is 42.0 Å². The monoisotopic (exact) mass is 466 g/mol. The number of allylic oxidation sites excluding steroid dienone is 1. The van der Waals surface area contributed by atoms with Crippen molar-refractivity contribution in [1.29, 1.82) is 0 Å². The maximum atomic E-state index is 13.4. The van der Waals surface area contributed by atoms with Gasteiger partial charge in [0.15, 0.2) is 5.78 Å². The fourth-order valence-corrected chi connectivity index (χ4v) is 8.22. The van der Waals surface area contributed by atoms with Crippen LogP contribution in [0, 0.1) is 34.5 Å². The van der Waals surface area contributed by atoms with Crippen LogP contribution in [0.2, 0.25) is 0 Å². The van der Waals surface area contributed by atoms with E-state index in [1.165, 1.54) is 0 Å². The van der Waals surface area contributed by atoms with Crippen molar-refractivity contribution in [2.24, 2.45) is 34.5 Å². The minimum atomic E-state index is -0.638. The van der Waals surface area contributed by atoms with Gasteiger partial charge < -0.3 is 20.1 Å². The van der Waals surface area contributed by atoms with E-state index in [0.29, 0.717) is 12.8 Å². The number of hydrogen-bond donors (Lipinski definition) is 3. The Bertz CT molecular complexity index is 996. The van der Waals surface area contributed by atoms with Crippen molar-refractivity contribution < 1.29 is 24.9 Å². The van der Waals surface area contributed by atoms with E-state index in [1.54, 1.807) is 13.2 Å². The minimum absolute atomic E-state index is 0.0308. The summed E-state index contributed by atoms with van der Waals surface area (Å²) in [5.74, 6) is 0.851. The SMILES string of the molecule is COc1ccc(/C=C/C(=O)[C@H]2CC[C@H]3[C@H]4[C@H]([C@H](O)C[C@]23C)[C@@]2(C)CC[C@H](O)CC2=C[C@H]4O)cc1. The number of benzene rings is 1. The van der Waals surface area contributed by atoms with Crippen molar-refractivity contribution in [3.63, 3.8) is 0 Å². The largest absolute Gasteiger partial charge is 0.497 e. The first-order chi connectivity index (χ1) is 16.2. The molecule has 34 heavy (non-hydrogen) atoms. The molecule has 0 radical (unpaired) electrons. The van der Waals surface area contributed by atoms with Crippen LogP contribution < -0.4 is 4.74 Å². The van der Waals surface area contributed by atoms with E-state index in [-0.39, 0.29) is 46.4 Å². The highest BCUT2D eigenvalue weighted by atomic mass is 16.5. The predicted octanol–water partition coefficient (Wildman–Crippen LogP) is 4.16. The molecule has 4 aliphatic carbocycles. The lowest BCUT2D eigenvalue weighted by atomic mass is 9.45. The third-order valence-electron chi connectivity index (χ3n) is 9.94. The number of aliphatic hydroxyl groups is 3. The fraction of sp³-hybridized carbons (Fsp3) is 0.621. The molecule has 1 aromatic carbocycles. The minimum Gasteiger partial charge on any atom is -0.497 e. The maximum absolute atomic E-state index is 13.4. The first kappa shape index (κ1) is 23.8. The van der Waals surface area contributed by atoms with E-state index >= 15 is 0 Å². The zero-order chi connectivity index (χ0) is 24.3. The Morgan fingerprint density at radius 2 is 1.82 bits per heavy atom. The summed E-state index contributed by atoms with van der Waals surface area (Å²) in [5.41, 5.74) is 1.53. The second-order valence-corrected chi connectivity index (χ2v) is 11.6. The molecule has 184 valence electrons. The highest BCUT2D eigenvalue weighted by Crippen LogP contribution is 2.66. The van der Waals surface area contributed by atoms with Gasteiger partial charge in [-0.05, 0) is 90.9 Å². The van der Waals surface area contributed by atoms with Crippen LogP contribution in [-0.2, 0) is 4.79 Å². The zero-order valence-corrected chi connectivity index (χ0v) is 20.5. The summed E-state index contributed by atoms with van der Waals surface area (Å²) < 4.78 is 5.20. The molecule has 0 aromatic heterocycles. The molecule has 3 saturated carbocycles. The number of aliphatic hydroxyl groups excluding tert-OH is 3. The second kappa shape index (κ2) is 8.61. The van der Waals surface area contributed by atoms with Crippen molar-refractivity contribution in [2.75, 3.05) is 7.11 Å². The summed E-state index contributed by atoms with van der Waals surface area (Å²) in [6, 6.07) is 7.62.